The van der Waals surface area contributed by atoms with Crippen molar-refractivity contribution in [2.45, 2.75) is 0 Å². The molecule has 140 valence electrons. The van der Waals surface area contributed by atoms with Crippen molar-refractivity contribution in [2.75, 3.05) is 56.0 Å². The smallest absolute Gasteiger partial charge is 0.239 e. The maximum atomic E-state index is 11.9. The molecule has 0 radical (unpaired) electrons. The largest absolute Gasteiger partial charge is 0.376 e. The van der Waals surface area contributed by atoms with Gasteiger partial charge < -0.3 is 15.5 Å². The summed E-state index contributed by atoms with van der Waals surface area (Å²) < 4.78 is 0. The number of anilines is 2. The Morgan fingerprint density at radius 1 is 1.11 bits per heavy atom. The molecule has 8 heteroatoms. The average Bonchev–Trinajstić information content (AvgIpc) is 2.74. The number of nitrogens with one attached hydrogen (secondary N) is 2. The number of carbonyl (C=O) groups is 1. The molecule has 27 heavy (non-hydrogen) atoms. The van der Waals surface area contributed by atoms with E-state index >= 15 is 0 Å². The van der Waals surface area contributed by atoms with Crippen molar-refractivity contribution >= 4 is 17.5 Å². The van der Waals surface area contributed by atoms with Gasteiger partial charge in [0.05, 0.1) is 18.2 Å². The average molecular weight is 365 g/mol. The lowest BCUT2D eigenvalue weighted by molar-refractivity contribution is -0.119. The van der Waals surface area contributed by atoms with Crippen molar-refractivity contribution in [3.63, 3.8) is 0 Å². The molecule has 2 N–H and O–H groups in total. The predicted octanol–water partition coefficient (Wildman–Crippen LogP) is 0.699. The first-order chi connectivity index (χ1) is 13.2. The van der Waals surface area contributed by atoms with Gasteiger partial charge in [0.15, 0.2) is 0 Å². The van der Waals surface area contributed by atoms with E-state index in [0.717, 1.165) is 44.4 Å². The van der Waals surface area contributed by atoms with Gasteiger partial charge in [0.2, 0.25) is 11.9 Å². The van der Waals surface area contributed by atoms with Gasteiger partial charge in [-0.15, -0.1) is 0 Å². The molecule has 0 spiro atoms. The molecule has 2 heterocycles. The minimum Gasteiger partial charge on any atom is -0.376 e. The summed E-state index contributed by atoms with van der Waals surface area (Å²) in [4.78, 5) is 25.0. The van der Waals surface area contributed by atoms with Gasteiger partial charge in [0.25, 0.3) is 0 Å². The summed E-state index contributed by atoms with van der Waals surface area (Å²) in [5, 5.41) is 14.8. The lowest BCUT2D eigenvalue weighted by Crippen LogP contribution is -2.49. The zero-order chi connectivity index (χ0) is 18.9. The number of hydrogen-bond acceptors (Lipinski definition) is 7. The third kappa shape index (κ3) is 5.66. The topological polar surface area (TPSA) is 97.2 Å². The molecule has 1 aliphatic heterocycles. The molecule has 0 atom stereocenters. The summed E-state index contributed by atoms with van der Waals surface area (Å²) in [6.45, 7) is 5.29. The van der Waals surface area contributed by atoms with Crippen LogP contribution in [0.25, 0.3) is 0 Å². The van der Waals surface area contributed by atoms with Gasteiger partial charge in [0, 0.05) is 57.3 Å². The number of benzene rings is 1. The first kappa shape index (κ1) is 18.6. The summed E-state index contributed by atoms with van der Waals surface area (Å²) >= 11 is 0. The Morgan fingerprint density at radius 2 is 1.81 bits per heavy atom. The van der Waals surface area contributed by atoms with Crippen LogP contribution in [0.1, 0.15) is 5.56 Å². The van der Waals surface area contributed by atoms with Crippen molar-refractivity contribution in [1.29, 1.82) is 5.26 Å². The van der Waals surface area contributed by atoms with E-state index in [9.17, 15) is 4.79 Å². The van der Waals surface area contributed by atoms with E-state index in [4.69, 9.17) is 5.26 Å². The van der Waals surface area contributed by atoms with Gasteiger partial charge in [-0.3, -0.25) is 9.69 Å². The van der Waals surface area contributed by atoms with E-state index in [1.165, 1.54) is 0 Å². The molecule has 3 rings (SSSR count). The van der Waals surface area contributed by atoms with Crippen LogP contribution in [0.2, 0.25) is 0 Å². The molecule has 1 aromatic heterocycles. The molecule has 1 aromatic carbocycles. The Hall–Kier alpha value is -3.18. The third-order valence-corrected chi connectivity index (χ3v) is 4.42. The second-order valence-electron chi connectivity index (χ2n) is 6.27. The Bertz CT molecular complexity index is 765. The first-order valence-electron chi connectivity index (χ1n) is 8.99. The van der Waals surface area contributed by atoms with Crippen LogP contribution in [-0.2, 0) is 4.79 Å². The number of rotatable bonds is 7. The number of carbonyl (C=O) groups excluding carboxylic acids is 1. The highest BCUT2D eigenvalue weighted by atomic mass is 16.1. The molecule has 1 fully saturated rings. The minimum atomic E-state index is -0.0457. The summed E-state index contributed by atoms with van der Waals surface area (Å²) in [6.07, 6.45) is 3.52. The van der Waals surface area contributed by atoms with Crippen molar-refractivity contribution in [2.24, 2.45) is 0 Å². The highest BCUT2D eigenvalue weighted by molar-refractivity contribution is 5.80. The van der Waals surface area contributed by atoms with Crippen molar-refractivity contribution in [1.82, 2.24) is 20.2 Å². The number of aromatic nitrogens is 2. The fourth-order valence-corrected chi connectivity index (χ4v) is 2.89. The number of nitriles is 1. The number of hydrogen-bond donors (Lipinski definition) is 2. The maximum absolute atomic E-state index is 11.9. The number of amides is 1. The Morgan fingerprint density at radius 3 is 2.48 bits per heavy atom. The van der Waals surface area contributed by atoms with E-state index in [1.54, 1.807) is 36.7 Å². The van der Waals surface area contributed by atoms with Crippen LogP contribution < -0.4 is 15.5 Å². The minimum absolute atomic E-state index is 0.0457. The van der Waals surface area contributed by atoms with Crippen LogP contribution in [0.4, 0.5) is 11.6 Å². The maximum Gasteiger partial charge on any atom is 0.239 e. The standard InChI is InChI=1S/C19H23N7O/c20-14-16-2-4-17(5-3-16)24-15-18(27)21-8-9-25-10-12-26(13-11-25)19-22-6-1-7-23-19/h1-7,24H,8-13,15H2,(H,21,27). The fraction of sp³-hybridized carbons (Fsp3) is 0.368. The second-order valence-corrected chi connectivity index (χ2v) is 6.27. The quantitative estimate of drug-likeness (QED) is 0.745. The van der Waals surface area contributed by atoms with Crippen molar-refractivity contribution < 1.29 is 4.79 Å². The van der Waals surface area contributed by atoms with Crippen LogP contribution in [0.3, 0.4) is 0 Å². The fourth-order valence-electron chi connectivity index (χ4n) is 2.89. The highest BCUT2D eigenvalue weighted by Crippen LogP contribution is 2.09. The van der Waals surface area contributed by atoms with E-state index in [-0.39, 0.29) is 12.5 Å². The van der Waals surface area contributed by atoms with Crippen LogP contribution in [-0.4, -0.2) is 66.6 Å². The summed E-state index contributed by atoms with van der Waals surface area (Å²) in [7, 11) is 0. The van der Waals surface area contributed by atoms with Crippen molar-refractivity contribution in [3.05, 3.63) is 48.3 Å². The Labute approximate surface area is 158 Å². The van der Waals surface area contributed by atoms with Crippen LogP contribution >= 0.6 is 0 Å². The second kappa shape index (κ2) is 9.50. The molecule has 8 nitrogen and oxygen atoms in total. The number of piperazine rings is 1. The van der Waals surface area contributed by atoms with Gasteiger partial charge in [-0.2, -0.15) is 5.26 Å². The monoisotopic (exact) mass is 365 g/mol. The normalized spacial score (nSPS) is 14.4. The third-order valence-electron chi connectivity index (χ3n) is 4.42. The molecule has 0 saturated carbocycles. The molecular formula is C19H23N7O. The van der Waals surface area contributed by atoms with Crippen LogP contribution in [0.15, 0.2) is 42.7 Å². The summed E-state index contributed by atoms with van der Waals surface area (Å²) in [5.74, 6) is 0.731. The Kier molecular flexibility index (Phi) is 6.55. The molecule has 0 bridgehead atoms. The summed E-state index contributed by atoms with van der Waals surface area (Å²) in [5.41, 5.74) is 1.42. The van der Waals surface area contributed by atoms with Gasteiger partial charge in [-0.1, -0.05) is 0 Å². The van der Waals surface area contributed by atoms with E-state index in [0.29, 0.717) is 12.1 Å². The molecule has 1 amide bonds. The predicted molar refractivity (Wildman–Crippen MR) is 103 cm³/mol. The molecule has 1 aliphatic rings. The summed E-state index contributed by atoms with van der Waals surface area (Å²) in [6, 6.07) is 10.9. The number of nitrogens with zero attached hydrogens (tertiary/aromatic N) is 5. The molecule has 1 saturated heterocycles. The van der Waals surface area contributed by atoms with Gasteiger partial charge >= 0.3 is 0 Å². The van der Waals surface area contributed by atoms with Crippen LogP contribution in [0, 0.1) is 11.3 Å². The first-order valence-corrected chi connectivity index (χ1v) is 8.99. The van der Waals surface area contributed by atoms with Gasteiger partial charge in [-0.05, 0) is 30.3 Å². The van der Waals surface area contributed by atoms with Gasteiger partial charge in [0.1, 0.15) is 0 Å². The van der Waals surface area contributed by atoms with Crippen LogP contribution in [0.5, 0.6) is 0 Å². The molecule has 0 aliphatic carbocycles. The van der Waals surface area contributed by atoms with Crippen molar-refractivity contribution in [3.8, 4) is 6.07 Å². The Balaban J connectivity index is 1.30. The highest BCUT2D eigenvalue weighted by Gasteiger charge is 2.18. The molecule has 0 unspecified atom stereocenters. The molecular weight excluding hydrogens is 342 g/mol. The lowest BCUT2D eigenvalue weighted by Gasteiger charge is -2.34. The van der Waals surface area contributed by atoms with E-state index in [1.807, 2.05) is 6.07 Å². The molecule has 2 aromatic rings. The van der Waals surface area contributed by atoms with E-state index < -0.39 is 0 Å². The zero-order valence-electron chi connectivity index (χ0n) is 15.1. The van der Waals surface area contributed by atoms with Gasteiger partial charge in [-0.25, -0.2) is 9.97 Å². The SMILES string of the molecule is N#Cc1ccc(NCC(=O)NCCN2CCN(c3ncccn3)CC2)cc1. The van der Waals surface area contributed by atoms with E-state index in [2.05, 4.69) is 36.5 Å². The zero-order valence-corrected chi connectivity index (χ0v) is 15.1. The lowest BCUT2D eigenvalue weighted by atomic mass is 10.2.